The van der Waals surface area contributed by atoms with Crippen LogP contribution in [0.3, 0.4) is 0 Å². The van der Waals surface area contributed by atoms with Gasteiger partial charge in [0.1, 0.15) is 0 Å². The van der Waals surface area contributed by atoms with E-state index in [1.165, 1.54) is 6.07 Å². The second-order valence-electron chi connectivity index (χ2n) is 11.2. The number of benzene rings is 3. The zero-order valence-electron chi connectivity index (χ0n) is 24.3. The fourth-order valence-corrected chi connectivity index (χ4v) is 6.28. The molecule has 43 heavy (non-hydrogen) atoms. The molecule has 0 saturated heterocycles. The first-order valence-corrected chi connectivity index (χ1v) is 14.3. The lowest BCUT2D eigenvalue weighted by atomic mass is 9.89. The fraction of sp³-hybridized carbons (Fsp3) is 0.235. The first-order valence-electron chi connectivity index (χ1n) is 14.3. The Morgan fingerprint density at radius 3 is 2.67 bits per heavy atom. The Kier molecular flexibility index (Phi) is 6.27. The molecular weight excluding hydrogens is 545 g/mol. The minimum Gasteiger partial charge on any atom is -0.490 e. The van der Waals surface area contributed by atoms with Crippen LogP contribution in [-0.4, -0.2) is 42.1 Å². The molecule has 1 aliphatic rings. The van der Waals surface area contributed by atoms with Gasteiger partial charge in [-0.1, -0.05) is 24.3 Å². The molecule has 0 spiro atoms. The van der Waals surface area contributed by atoms with Gasteiger partial charge in [-0.15, -0.1) is 0 Å². The molecule has 6 aromatic rings. The molecule has 0 amide bonds. The zero-order valence-corrected chi connectivity index (χ0v) is 24.3. The van der Waals surface area contributed by atoms with E-state index in [9.17, 15) is 9.90 Å². The highest BCUT2D eigenvalue weighted by Crippen LogP contribution is 2.41. The van der Waals surface area contributed by atoms with E-state index in [0.717, 1.165) is 45.1 Å². The molecule has 9 heteroatoms. The monoisotopic (exact) mass is 575 g/mol. The summed E-state index contributed by atoms with van der Waals surface area (Å²) < 4.78 is 24.7. The van der Waals surface area contributed by atoms with E-state index in [4.69, 9.17) is 14.8 Å². The summed E-state index contributed by atoms with van der Waals surface area (Å²) in [6, 6.07) is 17.7. The summed E-state index contributed by atoms with van der Waals surface area (Å²) in [5.74, 6) is -2.06. The van der Waals surface area contributed by atoms with Gasteiger partial charge in [0.15, 0.2) is 17.2 Å². The minimum absolute atomic E-state index is 0.282. The zero-order chi connectivity index (χ0) is 30.0. The molecule has 216 valence electrons. The molecule has 3 aromatic carbocycles. The first-order chi connectivity index (χ1) is 20.7. The van der Waals surface area contributed by atoms with Gasteiger partial charge in [-0.05, 0) is 74.6 Å². The van der Waals surface area contributed by atoms with Gasteiger partial charge in [0.25, 0.3) is 0 Å². The number of halogens is 1. The van der Waals surface area contributed by atoms with Crippen LogP contribution in [0, 0.1) is 19.7 Å². The highest BCUT2D eigenvalue weighted by Gasteiger charge is 2.29. The number of carboxylic acid groups (broad SMARTS) is 1. The average Bonchev–Trinajstić information content (AvgIpc) is 3.61. The lowest BCUT2D eigenvalue weighted by molar-refractivity contribution is -0.138. The number of fused-ring (bicyclic) bond motifs is 3. The van der Waals surface area contributed by atoms with Crippen molar-refractivity contribution >= 4 is 22.5 Å². The van der Waals surface area contributed by atoms with Crippen molar-refractivity contribution in [2.45, 2.75) is 39.5 Å². The molecule has 7 rings (SSSR count). The first kappa shape index (κ1) is 26.8. The van der Waals surface area contributed by atoms with Gasteiger partial charge in [-0.25, -0.2) is 13.9 Å². The van der Waals surface area contributed by atoms with E-state index in [1.54, 1.807) is 18.4 Å². The Bertz CT molecular complexity index is 2090. The maximum Gasteiger partial charge on any atom is 0.310 e. The number of carboxylic acids is 1. The van der Waals surface area contributed by atoms with E-state index in [-0.39, 0.29) is 5.75 Å². The highest BCUT2D eigenvalue weighted by molar-refractivity contribution is 5.86. The number of nitrogens with zero attached hydrogens (tertiary/aromatic N) is 5. The summed E-state index contributed by atoms with van der Waals surface area (Å²) in [5.41, 5.74) is 9.11. The molecule has 1 atom stereocenters. The Hall–Kier alpha value is -5.05. The fourth-order valence-electron chi connectivity index (χ4n) is 6.28. The largest absolute Gasteiger partial charge is 0.490 e. The number of hydrogen-bond acceptors (Lipinski definition) is 5. The van der Waals surface area contributed by atoms with Crippen LogP contribution in [0.4, 0.5) is 4.39 Å². The van der Waals surface area contributed by atoms with Crippen molar-refractivity contribution in [1.82, 2.24) is 24.4 Å². The van der Waals surface area contributed by atoms with E-state index in [1.807, 2.05) is 43.0 Å². The second-order valence-corrected chi connectivity index (χ2v) is 11.2. The molecule has 0 saturated carbocycles. The Balaban J connectivity index is 1.43. The summed E-state index contributed by atoms with van der Waals surface area (Å²) in [6.45, 7) is 5.83. The normalized spacial score (nSPS) is 13.7. The van der Waals surface area contributed by atoms with E-state index >= 15 is 4.39 Å². The standard InChI is InChI=1S/C34H30FN5O3/c1-18-25-9-6-12-43-33(25)27(35)15-26(18)32-31(19(2)34(41)42)20(3)37-30-16-28(38-40(30)32)23-8-5-7-21(13-23)22-10-11-29-24(14-22)17-36-39(29)4/h5,7-8,10-11,13-17,19H,6,9,12H2,1-4H3,(H,41,42)/t19-/m0/s1. The number of aliphatic carboxylic acids is 1. The number of hydrogen-bond donors (Lipinski definition) is 1. The number of aryl methyl sites for hydroxylation is 2. The predicted octanol–water partition coefficient (Wildman–Crippen LogP) is 6.89. The SMILES string of the molecule is Cc1nc2cc(-c3cccc(-c4ccc5c(cnn5C)c4)c3)nn2c(-c2cc(F)c3c(c2C)CCCO3)c1[C@H](C)C(=O)O. The quantitative estimate of drug-likeness (QED) is 0.241. The van der Waals surface area contributed by atoms with Crippen molar-refractivity contribution in [3.8, 4) is 39.4 Å². The maximum absolute atomic E-state index is 15.5. The van der Waals surface area contributed by atoms with Crippen molar-refractivity contribution < 1.29 is 19.0 Å². The van der Waals surface area contributed by atoms with E-state index < -0.39 is 17.7 Å². The molecule has 8 nitrogen and oxygen atoms in total. The van der Waals surface area contributed by atoms with Crippen molar-refractivity contribution in [1.29, 1.82) is 0 Å². The van der Waals surface area contributed by atoms with Gasteiger partial charge in [0, 0.05) is 46.4 Å². The van der Waals surface area contributed by atoms with Gasteiger partial charge in [0.2, 0.25) is 0 Å². The lowest BCUT2D eigenvalue weighted by Gasteiger charge is -2.24. The topological polar surface area (TPSA) is 94.5 Å². The molecule has 3 aromatic heterocycles. The molecule has 1 N–H and O–H groups in total. The third-order valence-corrected chi connectivity index (χ3v) is 8.56. The lowest BCUT2D eigenvalue weighted by Crippen LogP contribution is -2.16. The van der Waals surface area contributed by atoms with Gasteiger partial charge in [-0.2, -0.15) is 10.2 Å². The van der Waals surface area contributed by atoms with Crippen molar-refractivity contribution in [3.05, 3.63) is 89.0 Å². The minimum atomic E-state index is -0.990. The van der Waals surface area contributed by atoms with Crippen molar-refractivity contribution in [2.75, 3.05) is 6.61 Å². The third-order valence-electron chi connectivity index (χ3n) is 8.56. The van der Waals surface area contributed by atoms with Crippen LogP contribution in [-0.2, 0) is 18.3 Å². The van der Waals surface area contributed by atoms with Crippen LogP contribution < -0.4 is 4.74 Å². The van der Waals surface area contributed by atoms with Crippen LogP contribution in [0.25, 0.3) is 50.2 Å². The van der Waals surface area contributed by atoms with Crippen LogP contribution in [0.1, 0.15) is 41.6 Å². The third kappa shape index (κ3) is 4.34. The predicted molar refractivity (Wildman–Crippen MR) is 163 cm³/mol. The molecule has 4 heterocycles. The van der Waals surface area contributed by atoms with Crippen LogP contribution in [0.2, 0.25) is 0 Å². The van der Waals surface area contributed by atoms with E-state index in [2.05, 4.69) is 35.4 Å². The number of ether oxygens (including phenoxy) is 1. The number of rotatable bonds is 5. The maximum atomic E-state index is 15.5. The molecule has 0 bridgehead atoms. The van der Waals surface area contributed by atoms with Crippen LogP contribution in [0.15, 0.2) is 60.8 Å². The summed E-state index contributed by atoms with van der Waals surface area (Å²) in [6.07, 6.45) is 3.33. The van der Waals surface area contributed by atoms with Crippen LogP contribution in [0.5, 0.6) is 5.75 Å². The summed E-state index contributed by atoms with van der Waals surface area (Å²) in [5, 5.41) is 20.4. The van der Waals surface area contributed by atoms with Crippen molar-refractivity contribution in [3.63, 3.8) is 0 Å². The van der Waals surface area contributed by atoms with Gasteiger partial charge < -0.3 is 9.84 Å². The van der Waals surface area contributed by atoms with E-state index in [0.29, 0.717) is 46.9 Å². The Labute approximate surface area is 247 Å². The summed E-state index contributed by atoms with van der Waals surface area (Å²) >= 11 is 0. The smallest absolute Gasteiger partial charge is 0.310 e. The molecule has 0 fully saturated rings. The summed E-state index contributed by atoms with van der Waals surface area (Å²) in [4.78, 5) is 17.1. The Morgan fingerprint density at radius 2 is 1.86 bits per heavy atom. The summed E-state index contributed by atoms with van der Waals surface area (Å²) in [7, 11) is 1.92. The average molecular weight is 576 g/mol. The molecular formula is C34H30FN5O3. The molecule has 0 unspecified atom stereocenters. The number of carbonyl (C=O) groups is 1. The van der Waals surface area contributed by atoms with Crippen molar-refractivity contribution in [2.24, 2.45) is 7.05 Å². The van der Waals surface area contributed by atoms with Gasteiger partial charge in [0.05, 0.1) is 35.6 Å². The van der Waals surface area contributed by atoms with Gasteiger partial charge in [-0.3, -0.25) is 9.48 Å². The highest BCUT2D eigenvalue weighted by atomic mass is 19.1. The Morgan fingerprint density at radius 1 is 1.07 bits per heavy atom. The number of aromatic nitrogens is 5. The van der Waals surface area contributed by atoms with Crippen LogP contribution >= 0.6 is 0 Å². The molecule has 0 radical (unpaired) electrons. The molecule has 0 aliphatic carbocycles. The van der Waals surface area contributed by atoms with Gasteiger partial charge >= 0.3 is 5.97 Å². The molecule has 1 aliphatic heterocycles. The second kappa shape index (κ2) is 10.0.